The van der Waals surface area contributed by atoms with E-state index in [1.54, 1.807) is 13.3 Å². The minimum Gasteiger partial charge on any atom is -0.321 e. The molecule has 3 aromatic rings. The molecule has 1 N–H and O–H groups in total. The second-order valence-electron chi connectivity index (χ2n) is 8.51. The van der Waals surface area contributed by atoms with Gasteiger partial charge in [0.05, 0.1) is 12.8 Å². The van der Waals surface area contributed by atoms with Crippen molar-refractivity contribution >= 4 is 24.1 Å². The molecule has 8 heteroatoms. The summed E-state index contributed by atoms with van der Waals surface area (Å²) in [5.41, 5.74) is 5.86. The Morgan fingerprint density at radius 2 is 1.43 bits per heavy atom. The first-order chi connectivity index (χ1) is 17.1. The number of hydrogen-bond acceptors (Lipinski definition) is 6. The Morgan fingerprint density at radius 1 is 0.857 bits per heavy atom. The number of likely N-dealkylation sites (N-methyl/N-ethyl adjacent to an activating group) is 1. The molecule has 0 bridgehead atoms. The summed E-state index contributed by atoms with van der Waals surface area (Å²) in [4.78, 5) is 36.3. The van der Waals surface area contributed by atoms with E-state index in [0.717, 1.165) is 16.7 Å². The molecular weight excluding hydrogens is 440 g/mol. The fourth-order valence-corrected chi connectivity index (χ4v) is 4.34. The second-order valence-corrected chi connectivity index (χ2v) is 8.51. The van der Waals surface area contributed by atoms with Crippen molar-refractivity contribution in [3.63, 3.8) is 0 Å². The van der Waals surface area contributed by atoms with Gasteiger partial charge in [0.1, 0.15) is 0 Å². The highest BCUT2D eigenvalue weighted by Gasteiger charge is 2.52. The number of carbonyl (C=O) groups is 2. The van der Waals surface area contributed by atoms with Gasteiger partial charge in [-0.15, -0.1) is 0 Å². The zero-order valence-corrected chi connectivity index (χ0v) is 19.4. The Morgan fingerprint density at radius 3 is 2.06 bits per heavy atom. The normalized spacial score (nSPS) is 19.8. The Bertz CT molecular complexity index is 1250. The van der Waals surface area contributed by atoms with E-state index in [4.69, 9.17) is 4.99 Å². The molecule has 1 saturated heterocycles. The van der Waals surface area contributed by atoms with Gasteiger partial charge in [-0.3, -0.25) is 9.69 Å². The number of urea groups is 1. The molecular formula is C27H26N6O2. The van der Waals surface area contributed by atoms with Crippen molar-refractivity contribution in [2.45, 2.75) is 25.3 Å². The zero-order valence-electron chi connectivity index (χ0n) is 19.4. The molecule has 2 atom stereocenters. The summed E-state index contributed by atoms with van der Waals surface area (Å²) in [7, 11) is 1.69. The van der Waals surface area contributed by atoms with Crippen LogP contribution in [0, 0.1) is 0 Å². The number of hydrogen-bond donors (Lipinski definition) is 1. The smallest absolute Gasteiger partial charge is 0.321 e. The lowest BCUT2D eigenvalue weighted by Crippen LogP contribution is -2.64. The first kappa shape index (κ1) is 22.3. The molecule has 3 aromatic carbocycles. The van der Waals surface area contributed by atoms with Crippen LogP contribution in [0.3, 0.4) is 0 Å². The molecule has 5 rings (SSSR count). The lowest BCUT2D eigenvalue weighted by molar-refractivity contribution is -0.138. The van der Waals surface area contributed by atoms with Crippen LogP contribution in [0.1, 0.15) is 16.7 Å². The molecule has 0 aliphatic carbocycles. The highest BCUT2D eigenvalue weighted by molar-refractivity contribution is 6.03. The third-order valence-corrected chi connectivity index (χ3v) is 6.15. The summed E-state index contributed by atoms with van der Waals surface area (Å²) in [5.74, 6) is 0.177. The maximum Gasteiger partial charge on any atom is 0.328 e. The molecule has 0 spiro atoms. The van der Waals surface area contributed by atoms with E-state index in [2.05, 4.69) is 10.5 Å². The minimum atomic E-state index is -0.656. The number of rotatable bonds is 6. The quantitative estimate of drug-likeness (QED) is 0.447. The molecule has 8 nitrogen and oxygen atoms in total. The molecule has 2 aliphatic rings. The van der Waals surface area contributed by atoms with Crippen LogP contribution >= 0.6 is 0 Å². The monoisotopic (exact) mass is 466 g/mol. The number of benzene rings is 3. The number of hydrazone groups is 1. The molecule has 1 fully saturated rings. The van der Waals surface area contributed by atoms with Gasteiger partial charge in [0.25, 0.3) is 5.91 Å². The van der Waals surface area contributed by atoms with E-state index < -0.39 is 12.2 Å². The fraction of sp³-hybridized carbons (Fsp3) is 0.185. The van der Waals surface area contributed by atoms with Crippen molar-refractivity contribution in [2.75, 3.05) is 7.05 Å². The van der Waals surface area contributed by atoms with Gasteiger partial charge in [-0.25, -0.2) is 15.2 Å². The van der Waals surface area contributed by atoms with Crippen molar-refractivity contribution in [3.8, 4) is 0 Å². The van der Waals surface area contributed by atoms with Gasteiger partial charge >= 0.3 is 6.03 Å². The van der Waals surface area contributed by atoms with Crippen LogP contribution in [0.25, 0.3) is 0 Å². The molecule has 2 heterocycles. The van der Waals surface area contributed by atoms with Crippen LogP contribution in [0.5, 0.6) is 0 Å². The van der Waals surface area contributed by atoms with E-state index >= 15 is 0 Å². The number of imide groups is 1. The van der Waals surface area contributed by atoms with Gasteiger partial charge in [0, 0.05) is 13.6 Å². The molecule has 0 radical (unpaired) electrons. The van der Waals surface area contributed by atoms with E-state index in [0.29, 0.717) is 12.5 Å². The van der Waals surface area contributed by atoms with Gasteiger partial charge in [-0.05, 0) is 16.7 Å². The second kappa shape index (κ2) is 9.80. The topological polar surface area (TPSA) is 80.6 Å². The average molecular weight is 467 g/mol. The Balaban J connectivity index is 1.44. The van der Waals surface area contributed by atoms with E-state index in [1.165, 1.54) is 9.80 Å². The van der Waals surface area contributed by atoms with E-state index in [9.17, 15) is 9.59 Å². The van der Waals surface area contributed by atoms with Gasteiger partial charge in [0.2, 0.25) is 5.96 Å². The average Bonchev–Trinajstić information content (AvgIpc) is 3.25. The summed E-state index contributed by atoms with van der Waals surface area (Å²) in [6.07, 6.45) is 1.06. The minimum absolute atomic E-state index is 0.208. The fourth-order valence-electron chi connectivity index (χ4n) is 4.34. The third kappa shape index (κ3) is 4.63. The number of fused-ring (bicyclic) bond motifs is 1. The first-order valence-corrected chi connectivity index (χ1v) is 11.5. The maximum absolute atomic E-state index is 13.7. The van der Waals surface area contributed by atoms with Crippen molar-refractivity contribution in [1.29, 1.82) is 0 Å². The predicted octanol–water partition coefficient (Wildman–Crippen LogP) is 3.27. The number of aliphatic imine (C=N–C) groups is 1. The summed E-state index contributed by atoms with van der Waals surface area (Å²) < 4.78 is 0. The highest BCUT2D eigenvalue weighted by Crippen LogP contribution is 2.29. The van der Waals surface area contributed by atoms with Gasteiger partial charge in [-0.1, -0.05) is 91.0 Å². The summed E-state index contributed by atoms with van der Waals surface area (Å²) in [6.45, 7) is 0.655. The number of guanidine groups is 1. The lowest BCUT2D eigenvalue weighted by Gasteiger charge is -2.41. The standard InChI is InChI=1S/C27H26N6O2/c1-31-24-23(25(34)33(27(31)35)19-22-15-9-4-10-16-22)32(18-21-13-7-3-8-14-21)26(29-24)30-28-17-20-11-5-2-6-12-20/h2-17,23-24H,18-19H2,1H3,(H,29,30)/b28-17+. The Hall–Kier alpha value is -4.46. The predicted molar refractivity (Wildman–Crippen MR) is 134 cm³/mol. The van der Waals surface area contributed by atoms with E-state index in [1.807, 2.05) is 95.9 Å². The molecule has 176 valence electrons. The number of carbonyl (C=O) groups excluding carboxylic acids is 2. The molecule has 3 amide bonds. The maximum atomic E-state index is 13.7. The molecule has 2 unspecified atom stereocenters. The van der Waals surface area contributed by atoms with E-state index in [-0.39, 0.29) is 18.5 Å². The summed E-state index contributed by atoms with van der Waals surface area (Å²) in [5, 5.41) is 4.35. The van der Waals surface area contributed by atoms with Crippen LogP contribution in [0.2, 0.25) is 0 Å². The van der Waals surface area contributed by atoms with Crippen LogP contribution in [-0.4, -0.2) is 58.1 Å². The van der Waals surface area contributed by atoms with Crippen molar-refractivity contribution in [2.24, 2.45) is 10.1 Å². The van der Waals surface area contributed by atoms with Crippen LogP contribution in [-0.2, 0) is 17.9 Å². The van der Waals surface area contributed by atoms with Crippen LogP contribution in [0.15, 0.2) is 101 Å². The van der Waals surface area contributed by atoms with Crippen molar-refractivity contribution < 1.29 is 9.59 Å². The molecule has 35 heavy (non-hydrogen) atoms. The van der Waals surface area contributed by atoms with Crippen molar-refractivity contribution in [3.05, 3.63) is 108 Å². The molecule has 2 aliphatic heterocycles. The lowest BCUT2D eigenvalue weighted by atomic mass is 10.1. The van der Waals surface area contributed by atoms with Crippen LogP contribution in [0.4, 0.5) is 4.79 Å². The number of amides is 3. The summed E-state index contributed by atoms with van der Waals surface area (Å²) in [6, 6.07) is 28.1. The van der Waals surface area contributed by atoms with Gasteiger partial charge < -0.3 is 9.80 Å². The molecule has 0 saturated carbocycles. The largest absolute Gasteiger partial charge is 0.328 e. The SMILES string of the molecule is CN1C(=O)N(Cc2ccccc2)C(=O)C2C1N=C(N/N=C/c1ccccc1)N2Cc1ccccc1. The molecule has 0 aromatic heterocycles. The number of nitrogens with one attached hydrogen (secondary N) is 1. The third-order valence-electron chi connectivity index (χ3n) is 6.15. The van der Waals surface area contributed by atoms with Crippen molar-refractivity contribution in [1.82, 2.24) is 20.1 Å². The summed E-state index contributed by atoms with van der Waals surface area (Å²) >= 11 is 0. The van der Waals surface area contributed by atoms with Gasteiger partial charge in [-0.2, -0.15) is 5.10 Å². The Labute approximate surface area is 204 Å². The Kier molecular flexibility index (Phi) is 6.26. The highest BCUT2D eigenvalue weighted by atomic mass is 16.2. The van der Waals surface area contributed by atoms with Crippen LogP contribution < -0.4 is 5.43 Å². The zero-order chi connectivity index (χ0) is 24.2. The van der Waals surface area contributed by atoms with Gasteiger partial charge in [0.15, 0.2) is 12.2 Å². The first-order valence-electron chi connectivity index (χ1n) is 11.5. The number of nitrogens with zero attached hydrogens (tertiary/aromatic N) is 5.